The predicted molar refractivity (Wildman–Crippen MR) is 66.6 cm³/mol. The quantitative estimate of drug-likeness (QED) is 0.867. The molecule has 0 radical (unpaired) electrons. The minimum Gasteiger partial charge on any atom is -0.381 e. The van der Waals surface area contributed by atoms with E-state index in [2.05, 4.69) is 24.4 Å². The van der Waals surface area contributed by atoms with Crippen molar-refractivity contribution in [1.82, 2.24) is 5.32 Å². The Morgan fingerprint density at radius 2 is 2.41 bits per heavy atom. The third-order valence-electron chi connectivity index (χ3n) is 3.08. The van der Waals surface area contributed by atoms with Gasteiger partial charge in [0.2, 0.25) is 5.91 Å². The van der Waals surface area contributed by atoms with E-state index in [9.17, 15) is 4.79 Å². The molecule has 0 saturated carbocycles. The molecule has 1 aliphatic rings. The number of hydrogen-bond donors (Lipinski definition) is 1. The van der Waals surface area contributed by atoms with Crippen molar-refractivity contribution in [2.75, 3.05) is 13.2 Å². The highest BCUT2D eigenvalue weighted by atomic mass is 16.5. The highest BCUT2D eigenvalue weighted by molar-refractivity contribution is 5.78. The summed E-state index contributed by atoms with van der Waals surface area (Å²) in [6.45, 7) is 4.03. The van der Waals surface area contributed by atoms with Gasteiger partial charge in [-0.05, 0) is 25.3 Å². The zero-order valence-corrected chi connectivity index (χ0v) is 10.2. The standard InChI is InChI=1S/C14H19NO2/c1-11-4-2-5-12(8-11)9-15-14(16)13-6-3-7-17-10-13/h2,4-5,8,13H,3,6-7,9-10H2,1H3,(H,15,16). The molecule has 3 heteroatoms. The number of amides is 1. The van der Waals surface area contributed by atoms with Gasteiger partial charge in [-0.15, -0.1) is 0 Å². The van der Waals surface area contributed by atoms with E-state index in [-0.39, 0.29) is 11.8 Å². The zero-order valence-electron chi connectivity index (χ0n) is 10.2. The van der Waals surface area contributed by atoms with Gasteiger partial charge < -0.3 is 10.1 Å². The Bertz CT molecular complexity index is 384. The predicted octanol–water partition coefficient (Wildman–Crippen LogP) is 2.04. The monoisotopic (exact) mass is 233 g/mol. The van der Waals surface area contributed by atoms with Crippen molar-refractivity contribution < 1.29 is 9.53 Å². The van der Waals surface area contributed by atoms with Gasteiger partial charge in [-0.2, -0.15) is 0 Å². The number of ether oxygens (including phenoxy) is 1. The molecule has 1 amide bonds. The minimum atomic E-state index is 0.0357. The van der Waals surface area contributed by atoms with E-state index in [4.69, 9.17) is 4.74 Å². The van der Waals surface area contributed by atoms with Crippen molar-refractivity contribution in [2.24, 2.45) is 5.92 Å². The molecule has 3 nitrogen and oxygen atoms in total. The molecule has 0 bridgehead atoms. The Morgan fingerprint density at radius 3 is 3.12 bits per heavy atom. The lowest BCUT2D eigenvalue weighted by Gasteiger charge is -2.21. The van der Waals surface area contributed by atoms with E-state index >= 15 is 0 Å². The lowest BCUT2D eigenvalue weighted by atomic mass is 10.0. The molecule has 1 N–H and O–H groups in total. The molecule has 0 aromatic heterocycles. The summed E-state index contributed by atoms with van der Waals surface area (Å²) < 4.78 is 5.31. The molecular formula is C14H19NO2. The number of hydrogen-bond acceptors (Lipinski definition) is 2. The lowest BCUT2D eigenvalue weighted by molar-refractivity contribution is -0.129. The Hall–Kier alpha value is -1.35. The molecule has 1 aromatic carbocycles. The van der Waals surface area contributed by atoms with Gasteiger partial charge in [-0.25, -0.2) is 0 Å². The van der Waals surface area contributed by atoms with E-state index in [0.29, 0.717) is 13.2 Å². The maximum absolute atomic E-state index is 11.9. The van der Waals surface area contributed by atoms with Crippen molar-refractivity contribution in [3.63, 3.8) is 0 Å². The van der Waals surface area contributed by atoms with Crippen molar-refractivity contribution in [3.05, 3.63) is 35.4 Å². The highest BCUT2D eigenvalue weighted by Gasteiger charge is 2.21. The largest absolute Gasteiger partial charge is 0.381 e. The molecule has 1 aromatic rings. The van der Waals surface area contributed by atoms with Crippen LogP contribution in [0.25, 0.3) is 0 Å². The number of carbonyl (C=O) groups excluding carboxylic acids is 1. The van der Waals surface area contributed by atoms with Gasteiger partial charge in [-0.1, -0.05) is 29.8 Å². The topological polar surface area (TPSA) is 38.3 Å². The van der Waals surface area contributed by atoms with Crippen LogP contribution in [0.3, 0.4) is 0 Å². The molecule has 1 heterocycles. The number of nitrogens with one attached hydrogen (secondary N) is 1. The summed E-state index contributed by atoms with van der Waals surface area (Å²) in [5, 5.41) is 2.98. The zero-order chi connectivity index (χ0) is 12.1. The Kier molecular flexibility index (Phi) is 4.15. The molecule has 0 aliphatic carbocycles. The third kappa shape index (κ3) is 3.56. The molecule has 0 spiro atoms. The normalized spacial score (nSPS) is 19.9. The van der Waals surface area contributed by atoms with Crippen LogP contribution in [0, 0.1) is 12.8 Å². The Morgan fingerprint density at radius 1 is 1.53 bits per heavy atom. The average Bonchev–Trinajstić information content (AvgIpc) is 2.37. The molecule has 1 atom stereocenters. The van der Waals surface area contributed by atoms with Crippen LogP contribution < -0.4 is 5.32 Å². The number of carbonyl (C=O) groups is 1. The maximum atomic E-state index is 11.9. The smallest absolute Gasteiger partial charge is 0.225 e. The van der Waals surface area contributed by atoms with Crippen molar-refractivity contribution in [3.8, 4) is 0 Å². The number of aryl methyl sites for hydroxylation is 1. The summed E-state index contributed by atoms with van der Waals surface area (Å²) in [4.78, 5) is 11.9. The summed E-state index contributed by atoms with van der Waals surface area (Å²) in [5.74, 6) is 0.153. The number of rotatable bonds is 3. The first kappa shape index (κ1) is 12.1. The molecule has 1 saturated heterocycles. The first-order chi connectivity index (χ1) is 8.25. The van der Waals surface area contributed by atoms with Gasteiger partial charge in [0.05, 0.1) is 12.5 Å². The van der Waals surface area contributed by atoms with Crippen LogP contribution in [0.5, 0.6) is 0 Å². The Labute approximate surface area is 102 Å². The van der Waals surface area contributed by atoms with E-state index in [1.807, 2.05) is 12.1 Å². The summed E-state index contributed by atoms with van der Waals surface area (Å²) in [7, 11) is 0. The minimum absolute atomic E-state index is 0.0357. The first-order valence-electron chi connectivity index (χ1n) is 6.17. The van der Waals surface area contributed by atoms with Crippen LogP contribution in [0.2, 0.25) is 0 Å². The first-order valence-corrected chi connectivity index (χ1v) is 6.17. The molecule has 17 heavy (non-hydrogen) atoms. The Balaban J connectivity index is 1.83. The van der Waals surface area contributed by atoms with Crippen molar-refractivity contribution >= 4 is 5.91 Å². The second-order valence-electron chi connectivity index (χ2n) is 4.62. The van der Waals surface area contributed by atoms with Crippen LogP contribution >= 0.6 is 0 Å². The van der Waals surface area contributed by atoms with E-state index < -0.39 is 0 Å². The third-order valence-corrected chi connectivity index (χ3v) is 3.08. The number of benzene rings is 1. The SMILES string of the molecule is Cc1cccc(CNC(=O)C2CCCOC2)c1. The van der Waals surface area contributed by atoms with E-state index in [1.165, 1.54) is 5.56 Å². The second-order valence-corrected chi connectivity index (χ2v) is 4.62. The average molecular weight is 233 g/mol. The summed E-state index contributed by atoms with van der Waals surface area (Å²) in [6.07, 6.45) is 1.93. The molecule has 92 valence electrons. The van der Waals surface area contributed by atoms with Gasteiger partial charge >= 0.3 is 0 Å². The van der Waals surface area contributed by atoms with E-state index in [1.54, 1.807) is 0 Å². The van der Waals surface area contributed by atoms with Crippen LogP contribution in [0.1, 0.15) is 24.0 Å². The van der Waals surface area contributed by atoms with Gasteiger partial charge in [0.25, 0.3) is 0 Å². The van der Waals surface area contributed by atoms with Gasteiger partial charge in [0.15, 0.2) is 0 Å². The molecular weight excluding hydrogens is 214 g/mol. The van der Waals surface area contributed by atoms with Crippen molar-refractivity contribution in [2.45, 2.75) is 26.3 Å². The fourth-order valence-corrected chi connectivity index (χ4v) is 2.10. The summed E-state index contributed by atoms with van der Waals surface area (Å²) >= 11 is 0. The van der Waals surface area contributed by atoms with Crippen LogP contribution in [0.15, 0.2) is 24.3 Å². The highest BCUT2D eigenvalue weighted by Crippen LogP contribution is 2.13. The molecule has 1 aliphatic heterocycles. The van der Waals surface area contributed by atoms with Crippen LogP contribution in [-0.4, -0.2) is 19.1 Å². The molecule has 1 unspecified atom stereocenters. The van der Waals surface area contributed by atoms with Crippen molar-refractivity contribution in [1.29, 1.82) is 0 Å². The maximum Gasteiger partial charge on any atom is 0.225 e. The van der Waals surface area contributed by atoms with E-state index in [0.717, 1.165) is 25.0 Å². The fourth-order valence-electron chi connectivity index (χ4n) is 2.10. The van der Waals surface area contributed by atoms with Crippen LogP contribution in [0.4, 0.5) is 0 Å². The van der Waals surface area contributed by atoms with Gasteiger partial charge in [-0.3, -0.25) is 4.79 Å². The fraction of sp³-hybridized carbons (Fsp3) is 0.500. The molecule has 2 rings (SSSR count). The van der Waals surface area contributed by atoms with Gasteiger partial charge in [0, 0.05) is 13.2 Å². The lowest BCUT2D eigenvalue weighted by Crippen LogP contribution is -2.35. The second kappa shape index (κ2) is 5.82. The summed E-state index contributed by atoms with van der Waals surface area (Å²) in [6, 6.07) is 8.20. The molecule has 1 fully saturated rings. The van der Waals surface area contributed by atoms with Crippen LogP contribution in [-0.2, 0) is 16.1 Å². The summed E-state index contributed by atoms with van der Waals surface area (Å²) in [5.41, 5.74) is 2.37. The van der Waals surface area contributed by atoms with Gasteiger partial charge in [0.1, 0.15) is 0 Å².